The Morgan fingerprint density at radius 2 is 1.79 bits per heavy atom. The van der Waals surface area contributed by atoms with Gasteiger partial charge in [0, 0.05) is 5.56 Å². The van der Waals surface area contributed by atoms with Gasteiger partial charge in [0.2, 0.25) is 11.1 Å². The van der Waals surface area contributed by atoms with Crippen LogP contribution in [0.25, 0.3) is 16.8 Å². The van der Waals surface area contributed by atoms with Gasteiger partial charge in [-0.05, 0) is 53.6 Å². The molecule has 5 rings (SSSR count). The molecule has 0 bridgehead atoms. The molecule has 1 aliphatic rings. The number of rotatable bonds is 4. The Balaban J connectivity index is 1.63. The number of amides is 1. The Hall–Kier alpha value is -4.10. The summed E-state index contributed by atoms with van der Waals surface area (Å²) in [5.41, 5.74) is 2.22. The monoisotopic (exact) mass is 458 g/mol. The summed E-state index contributed by atoms with van der Waals surface area (Å²) in [5, 5.41) is 7.40. The van der Waals surface area contributed by atoms with E-state index in [-0.39, 0.29) is 17.1 Å². The molecule has 0 fully saturated rings. The number of aromatic nitrogens is 2. The summed E-state index contributed by atoms with van der Waals surface area (Å²) in [5.74, 6) is -1.02. The maximum atomic E-state index is 14.3. The van der Waals surface area contributed by atoms with Crippen molar-refractivity contribution in [2.45, 2.75) is 6.92 Å². The average molecular weight is 459 g/mol. The molecule has 0 aliphatic carbocycles. The molecule has 6 nitrogen and oxygen atoms in total. The fraction of sp³-hybridized carbons (Fsp3) is 0.0400. The van der Waals surface area contributed by atoms with Crippen LogP contribution in [0.4, 0.5) is 10.1 Å². The van der Waals surface area contributed by atoms with E-state index in [1.54, 1.807) is 19.1 Å². The van der Waals surface area contributed by atoms with Gasteiger partial charge in [0.25, 0.3) is 11.8 Å². The SMILES string of the molecule is CC1=NN(c2ccccc2)C(=O)/C1=C\c1c(Oc2nc(Cl)ncc2F)ccc2ccccc12. The zero-order valence-electron chi connectivity index (χ0n) is 17.4. The molecule has 8 heteroatoms. The van der Waals surface area contributed by atoms with Crippen molar-refractivity contribution in [2.75, 3.05) is 5.01 Å². The number of benzene rings is 3. The lowest BCUT2D eigenvalue weighted by molar-refractivity contribution is -0.114. The fourth-order valence-corrected chi connectivity index (χ4v) is 3.72. The number of nitrogens with zero attached hydrogens (tertiary/aromatic N) is 4. The summed E-state index contributed by atoms with van der Waals surface area (Å²) < 4.78 is 20.1. The first kappa shape index (κ1) is 20.8. The van der Waals surface area contributed by atoms with Crippen molar-refractivity contribution >= 4 is 45.8 Å². The second-order valence-corrected chi connectivity index (χ2v) is 7.63. The van der Waals surface area contributed by atoms with Crippen LogP contribution >= 0.6 is 11.6 Å². The quantitative estimate of drug-likeness (QED) is 0.277. The molecule has 0 spiro atoms. The molecule has 1 aromatic heterocycles. The van der Waals surface area contributed by atoms with Crippen molar-refractivity contribution in [3.05, 3.63) is 95.2 Å². The number of hydrogen-bond acceptors (Lipinski definition) is 5. The number of carbonyl (C=O) groups excluding carboxylic acids is 1. The van der Waals surface area contributed by atoms with Gasteiger partial charge in [0.05, 0.1) is 23.2 Å². The van der Waals surface area contributed by atoms with E-state index < -0.39 is 5.82 Å². The molecule has 0 saturated carbocycles. The Bertz CT molecular complexity index is 1450. The smallest absolute Gasteiger partial charge is 0.280 e. The first-order chi connectivity index (χ1) is 16.0. The van der Waals surface area contributed by atoms with Gasteiger partial charge in [-0.1, -0.05) is 48.5 Å². The van der Waals surface area contributed by atoms with E-state index in [0.717, 1.165) is 17.0 Å². The topological polar surface area (TPSA) is 67.7 Å². The number of hydrazone groups is 1. The molecule has 0 saturated heterocycles. The van der Waals surface area contributed by atoms with Gasteiger partial charge in [-0.15, -0.1) is 0 Å². The third kappa shape index (κ3) is 3.94. The minimum atomic E-state index is -0.754. The standard InChI is InChI=1S/C25H16ClFN4O2/c1-15-19(24(32)31(30-15)17-8-3-2-4-9-17)13-20-18-10-6-5-7-16(18)11-12-22(20)33-23-21(27)14-28-25(26)29-23/h2-14H,1H3/b19-13-. The number of ether oxygens (including phenoxy) is 1. The highest BCUT2D eigenvalue weighted by molar-refractivity contribution is 6.32. The number of para-hydroxylation sites is 1. The van der Waals surface area contributed by atoms with Crippen LogP contribution < -0.4 is 9.75 Å². The summed E-state index contributed by atoms with van der Waals surface area (Å²) >= 11 is 5.82. The van der Waals surface area contributed by atoms with Gasteiger partial charge in [-0.2, -0.15) is 19.5 Å². The van der Waals surface area contributed by atoms with Crippen LogP contribution in [0.3, 0.4) is 0 Å². The number of fused-ring (bicyclic) bond motifs is 1. The van der Waals surface area contributed by atoms with Gasteiger partial charge in [0.15, 0.2) is 0 Å². The fourth-order valence-electron chi connectivity index (χ4n) is 3.59. The van der Waals surface area contributed by atoms with Crippen LogP contribution in [0, 0.1) is 5.82 Å². The van der Waals surface area contributed by atoms with E-state index in [1.165, 1.54) is 5.01 Å². The first-order valence-corrected chi connectivity index (χ1v) is 10.4. The van der Waals surface area contributed by atoms with E-state index in [2.05, 4.69) is 15.1 Å². The molecule has 2 heterocycles. The van der Waals surface area contributed by atoms with E-state index in [4.69, 9.17) is 16.3 Å². The molecule has 3 aromatic carbocycles. The Labute approximate surface area is 193 Å². The summed E-state index contributed by atoms with van der Waals surface area (Å²) in [6.07, 6.45) is 2.65. The van der Waals surface area contributed by atoms with Crippen molar-refractivity contribution in [3.8, 4) is 11.6 Å². The Morgan fingerprint density at radius 3 is 2.61 bits per heavy atom. The molecule has 0 radical (unpaired) electrons. The van der Waals surface area contributed by atoms with Crippen LogP contribution in [0.2, 0.25) is 5.28 Å². The van der Waals surface area contributed by atoms with Gasteiger partial charge < -0.3 is 4.74 Å². The molecular formula is C25H16ClFN4O2. The van der Waals surface area contributed by atoms with Crippen molar-refractivity contribution in [3.63, 3.8) is 0 Å². The van der Waals surface area contributed by atoms with Crippen LogP contribution in [0.15, 0.2) is 83.6 Å². The van der Waals surface area contributed by atoms with E-state index in [9.17, 15) is 9.18 Å². The highest BCUT2D eigenvalue weighted by Gasteiger charge is 2.29. The lowest BCUT2D eigenvalue weighted by Gasteiger charge is -2.13. The van der Waals surface area contributed by atoms with Gasteiger partial charge in [-0.25, -0.2) is 4.98 Å². The highest BCUT2D eigenvalue weighted by Crippen LogP contribution is 2.35. The molecule has 0 atom stereocenters. The zero-order valence-corrected chi connectivity index (χ0v) is 18.1. The van der Waals surface area contributed by atoms with Crippen molar-refractivity contribution in [2.24, 2.45) is 5.10 Å². The molecule has 1 aliphatic heterocycles. The highest BCUT2D eigenvalue weighted by atomic mass is 35.5. The van der Waals surface area contributed by atoms with Gasteiger partial charge in [0.1, 0.15) is 5.75 Å². The second kappa shape index (κ2) is 8.44. The third-order valence-electron chi connectivity index (χ3n) is 5.17. The predicted octanol–water partition coefficient (Wildman–Crippen LogP) is 6.02. The minimum absolute atomic E-state index is 0.139. The van der Waals surface area contributed by atoms with Gasteiger partial charge >= 0.3 is 0 Å². The molecule has 1 amide bonds. The lowest BCUT2D eigenvalue weighted by atomic mass is 9.99. The normalized spacial score (nSPS) is 14.8. The van der Waals surface area contributed by atoms with E-state index in [1.807, 2.05) is 60.7 Å². The largest absolute Gasteiger partial charge is 0.436 e. The van der Waals surface area contributed by atoms with Crippen LogP contribution in [-0.2, 0) is 4.79 Å². The zero-order chi connectivity index (χ0) is 22.9. The Morgan fingerprint density at radius 1 is 1.03 bits per heavy atom. The maximum absolute atomic E-state index is 14.3. The number of halogens is 2. The minimum Gasteiger partial charge on any atom is -0.436 e. The molecule has 162 valence electrons. The number of carbonyl (C=O) groups is 1. The summed E-state index contributed by atoms with van der Waals surface area (Å²) in [4.78, 5) is 20.7. The van der Waals surface area contributed by atoms with Crippen molar-refractivity contribution < 1.29 is 13.9 Å². The van der Waals surface area contributed by atoms with Crippen LogP contribution in [0.1, 0.15) is 12.5 Å². The molecule has 0 unspecified atom stereocenters. The Kier molecular flexibility index (Phi) is 5.32. The van der Waals surface area contributed by atoms with Crippen LogP contribution in [0.5, 0.6) is 11.6 Å². The summed E-state index contributed by atoms with van der Waals surface area (Å²) in [7, 11) is 0. The van der Waals surface area contributed by atoms with E-state index in [0.29, 0.717) is 28.3 Å². The first-order valence-electron chi connectivity index (χ1n) is 10.1. The lowest BCUT2D eigenvalue weighted by Crippen LogP contribution is -2.21. The maximum Gasteiger partial charge on any atom is 0.280 e. The summed E-state index contributed by atoms with van der Waals surface area (Å²) in [6.45, 7) is 1.77. The molecular weight excluding hydrogens is 443 g/mol. The van der Waals surface area contributed by atoms with Crippen molar-refractivity contribution in [1.82, 2.24) is 9.97 Å². The second-order valence-electron chi connectivity index (χ2n) is 7.29. The molecule has 33 heavy (non-hydrogen) atoms. The number of anilines is 1. The molecule has 0 N–H and O–H groups in total. The van der Waals surface area contributed by atoms with E-state index >= 15 is 0 Å². The van der Waals surface area contributed by atoms with Crippen LogP contribution in [-0.4, -0.2) is 21.6 Å². The average Bonchev–Trinajstić information content (AvgIpc) is 3.11. The summed E-state index contributed by atoms with van der Waals surface area (Å²) in [6, 6.07) is 20.4. The third-order valence-corrected chi connectivity index (χ3v) is 5.35. The molecule has 4 aromatic rings. The van der Waals surface area contributed by atoms with Gasteiger partial charge in [-0.3, -0.25) is 4.79 Å². The van der Waals surface area contributed by atoms with Crippen molar-refractivity contribution in [1.29, 1.82) is 0 Å². The predicted molar refractivity (Wildman–Crippen MR) is 126 cm³/mol. The number of hydrogen-bond donors (Lipinski definition) is 0.